The van der Waals surface area contributed by atoms with Gasteiger partial charge in [-0.1, -0.05) is 12.1 Å². The van der Waals surface area contributed by atoms with E-state index in [0.29, 0.717) is 6.54 Å². The van der Waals surface area contributed by atoms with Crippen molar-refractivity contribution < 1.29 is 13.9 Å². The zero-order valence-corrected chi connectivity index (χ0v) is 12.2. The van der Waals surface area contributed by atoms with Crippen molar-refractivity contribution in [3.8, 4) is 0 Å². The highest BCUT2D eigenvalue weighted by molar-refractivity contribution is 5.75. The first-order valence-corrected chi connectivity index (χ1v) is 6.36. The van der Waals surface area contributed by atoms with Crippen molar-refractivity contribution in [2.75, 3.05) is 7.05 Å². The molecule has 0 spiro atoms. The number of esters is 1. The molecule has 1 unspecified atom stereocenters. The largest absolute Gasteiger partial charge is 0.459 e. The van der Waals surface area contributed by atoms with Gasteiger partial charge >= 0.3 is 5.97 Å². The molecule has 4 heteroatoms. The van der Waals surface area contributed by atoms with E-state index < -0.39 is 5.60 Å². The summed E-state index contributed by atoms with van der Waals surface area (Å²) < 4.78 is 18.1. The number of hydrogen-bond acceptors (Lipinski definition) is 3. The maximum atomic E-state index is 12.8. The second-order valence-corrected chi connectivity index (χ2v) is 5.75. The minimum atomic E-state index is -0.484. The molecule has 3 nitrogen and oxygen atoms in total. The summed E-state index contributed by atoms with van der Waals surface area (Å²) in [4.78, 5) is 13.8. The molecule has 0 saturated carbocycles. The summed E-state index contributed by atoms with van der Waals surface area (Å²) >= 11 is 0. The second-order valence-electron chi connectivity index (χ2n) is 5.75. The summed E-state index contributed by atoms with van der Waals surface area (Å²) in [6.45, 7) is 7.91. The molecule has 0 radical (unpaired) electrons. The van der Waals surface area contributed by atoms with Gasteiger partial charge in [-0.25, -0.2) is 4.39 Å². The Bertz CT molecular complexity index is 423. The fourth-order valence-electron chi connectivity index (χ4n) is 1.58. The van der Waals surface area contributed by atoms with Crippen LogP contribution in [0.5, 0.6) is 0 Å². The lowest BCUT2D eigenvalue weighted by Crippen LogP contribution is -2.40. The summed E-state index contributed by atoms with van der Waals surface area (Å²) in [6, 6.07) is 5.92. The molecule has 0 fully saturated rings. The smallest absolute Gasteiger partial charge is 0.323 e. The van der Waals surface area contributed by atoms with Gasteiger partial charge < -0.3 is 4.74 Å². The molecule has 1 atom stereocenters. The average molecular weight is 267 g/mol. The van der Waals surface area contributed by atoms with E-state index in [0.717, 1.165) is 5.56 Å². The van der Waals surface area contributed by atoms with E-state index in [-0.39, 0.29) is 17.8 Å². The fourth-order valence-corrected chi connectivity index (χ4v) is 1.58. The molecule has 1 rings (SSSR count). The van der Waals surface area contributed by atoms with Crippen molar-refractivity contribution in [3.05, 3.63) is 35.6 Å². The number of likely N-dealkylation sites (N-methyl/N-ethyl adjacent to an activating group) is 1. The van der Waals surface area contributed by atoms with Crippen LogP contribution in [0.3, 0.4) is 0 Å². The average Bonchev–Trinajstić information content (AvgIpc) is 2.28. The van der Waals surface area contributed by atoms with Crippen molar-refractivity contribution in [1.29, 1.82) is 0 Å². The Labute approximate surface area is 114 Å². The lowest BCUT2D eigenvalue weighted by atomic mass is 10.1. The molecule has 0 aliphatic carbocycles. The second kappa shape index (κ2) is 6.15. The monoisotopic (exact) mass is 267 g/mol. The predicted molar refractivity (Wildman–Crippen MR) is 73.2 cm³/mol. The van der Waals surface area contributed by atoms with Crippen molar-refractivity contribution >= 4 is 5.97 Å². The standard InChI is InChI=1S/C15H22FNO2/c1-11(14(18)19-15(2,3)4)17(5)10-12-6-8-13(16)9-7-12/h6-9,11H,10H2,1-5H3. The van der Waals surface area contributed by atoms with Gasteiger partial charge in [-0.3, -0.25) is 9.69 Å². The van der Waals surface area contributed by atoms with Gasteiger partial charge in [0.15, 0.2) is 0 Å². The third-order valence-corrected chi connectivity index (χ3v) is 2.75. The van der Waals surface area contributed by atoms with E-state index >= 15 is 0 Å². The maximum absolute atomic E-state index is 12.8. The quantitative estimate of drug-likeness (QED) is 0.785. The van der Waals surface area contributed by atoms with E-state index in [4.69, 9.17) is 4.74 Å². The molecule has 0 bridgehead atoms. The van der Waals surface area contributed by atoms with Crippen LogP contribution in [0, 0.1) is 5.82 Å². The Morgan fingerprint density at radius 3 is 2.32 bits per heavy atom. The van der Waals surface area contributed by atoms with Crippen LogP contribution in [0.2, 0.25) is 0 Å². The van der Waals surface area contributed by atoms with E-state index in [1.165, 1.54) is 12.1 Å². The van der Waals surface area contributed by atoms with Crippen LogP contribution in [0.25, 0.3) is 0 Å². The van der Waals surface area contributed by atoms with Crippen LogP contribution >= 0.6 is 0 Å². The summed E-state index contributed by atoms with van der Waals surface area (Å²) in [6.07, 6.45) is 0. The first kappa shape index (κ1) is 15.6. The molecule has 0 heterocycles. The van der Waals surface area contributed by atoms with Crippen molar-refractivity contribution in [2.24, 2.45) is 0 Å². The van der Waals surface area contributed by atoms with E-state index in [1.807, 2.05) is 32.7 Å². The molecule has 1 aromatic rings. The van der Waals surface area contributed by atoms with Crippen LogP contribution in [0.4, 0.5) is 4.39 Å². The van der Waals surface area contributed by atoms with Crippen molar-refractivity contribution in [3.63, 3.8) is 0 Å². The van der Waals surface area contributed by atoms with Gasteiger partial charge in [0.05, 0.1) is 0 Å². The van der Waals surface area contributed by atoms with Crippen LogP contribution in [-0.2, 0) is 16.1 Å². The normalized spacial score (nSPS) is 13.4. The number of carbonyl (C=O) groups excluding carboxylic acids is 1. The Balaban J connectivity index is 2.59. The predicted octanol–water partition coefficient (Wildman–Crippen LogP) is 2.99. The minimum Gasteiger partial charge on any atom is -0.459 e. The molecule has 0 aromatic heterocycles. The summed E-state index contributed by atoms with van der Waals surface area (Å²) in [5.74, 6) is -0.510. The van der Waals surface area contributed by atoms with Crippen molar-refractivity contribution in [2.45, 2.75) is 45.9 Å². The maximum Gasteiger partial charge on any atom is 0.323 e. The number of ether oxygens (including phenoxy) is 1. The molecule has 0 saturated heterocycles. The molecular formula is C15H22FNO2. The lowest BCUT2D eigenvalue weighted by Gasteiger charge is -2.27. The van der Waals surface area contributed by atoms with Crippen LogP contribution in [0.1, 0.15) is 33.3 Å². The Morgan fingerprint density at radius 1 is 1.32 bits per heavy atom. The fraction of sp³-hybridized carbons (Fsp3) is 0.533. The van der Waals surface area contributed by atoms with E-state index in [2.05, 4.69) is 0 Å². The number of rotatable bonds is 4. The lowest BCUT2D eigenvalue weighted by molar-refractivity contribution is -0.160. The Kier molecular flexibility index (Phi) is 5.06. The SMILES string of the molecule is CC(C(=O)OC(C)(C)C)N(C)Cc1ccc(F)cc1. The van der Waals surface area contributed by atoms with Gasteiger partial charge in [0.2, 0.25) is 0 Å². The summed E-state index contributed by atoms with van der Waals surface area (Å²) in [5, 5.41) is 0. The first-order valence-electron chi connectivity index (χ1n) is 6.36. The first-order chi connectivity index (χ1) is 8.69. The number of benzene rings is 1. The highest BCUT2D eigenvalue weighted by Crippen LogP contribution is 2.13. The van der Waals surface area contributed by atoms with Gasteiger partial charge in [0.25, 0.3) is 0 Å². The highest BCUT2D eigenvalue weighted by atomic mass is 19.1. The van der Waals surface area contributed by atoms with Gasteiger partial charge in [0, 0.05) is 6.54 Å². The summed E-state index contributed by atoms with van der Waals surface area (Å²) in [7, 11) is 1.85. The van der Waals surface area contributed by atoms with E-state index in [1.54, 1.807) is 19.1 Å². The number of nitrogens with zero attached hydrogens (tertiary/aromatic N) is 1. The minimum absolute atomic E-state index is 0.253. The third-order valence-electron chi connectivity index (χ3n) is 2.75. The van der Waals surface area contributed by atoms with Crippen LogP contribution < -0.4 is 0 Å². The number of hydrogen-bond donors (Lipinski definition) is 0. The van der Waals surface area contributed by atoms with Gasteiger partial charge in [-0.15, -0.1) is 0 Å². The van der Waals surface area contributed by atoms with Crippen LogP contribution in [-0.4, -0.2) is 29.6 Å². The van der Waals surface area contributed by atoms with Crippen LogP contribution in [0.15, 0.2) is 24.3 Å². The highest BCUT2D eigenvalue weighted by Gasteiger charge is 2.24. The van der Waals surface area contributed by atoms with Gasteiger partial charge in [-0.05, 0) is 52.4 Å². The molecule has 106 valence electrons. The summed E-state index contributed by atoms with van der Waals surface area (Å²) in [5.41, 5.74) is 0.474. The van der Waals surface area contributed by atoms with Gasteiger partial charge in [0.1, 0.15) is 17.5 Å². The zero-order valence-electron chi connectivity index (χ0n) is 12.2. The third kappa shape index (κ3) is 5.39. The molecule has 1 aromatic carbocycles. The van der Waals surface area contributed by atoms with E-state index in [9.17, 15) is 9.18 Å². The number of halogens is 1. The Hall–Kier alpha value is -1.42. The molecule has 0 amide bonds. The molecule has 19 heavy (non-hydrogen) atoms. The van der Waals surface area contributed by atoms with Crippen molar-refractivity contribution in [1.82, 2.24) is 4.90 Å². The molecule has 0 aliphatic rings. The molecule has 0 N–H and O–H groups in total. The number of carbonyl (C=O) groups is 1. The molecule has 0 aliphatic heterocycles. The topological polar surface area (TPSA) is 29.5 Å². The Morgan fingerprint density at radius 2 is 1.84 bits per heavy atom. The molecular weight excluding hydrogens is 245 g/mol. The zero-order chi connectivity index (χ0) is 14.6. The van der Waals surface area contributed by atoms with Gasteiger partial charge in [-0.2, -0.15) is 0 Å².